The summed E-state index contributed by atoms with van der Waals surface area (Å²) in [5, 5.41) is 24.0. The zero-order valence-corrected chi connectivity index (χ0v) is 19.1. The standard InChI is InChI=1S/C22H30N6O6/c1-3-4-5-6-16(29)26-15(19(31)32)11-25-17(30)12-28-20(33)22(2,27-21(28)34)14-9-7-13(8-10-14)18(23)24/h7-10,15H,3-6,11-12H2,1-2H3,(H3,23,24)(H,25,30)(H,26,29)(H,27,34)(H,31,32)/t15-,22-/m0/s1. The van der Waals surface area contributed by atoms with Crippen LogP contribution < -0.4 is 21.7 Å². The number of nitrogens with two attached hydrogens (primary N) is 1. The average Bonchev–Trinajstić information content (AvgIpc) is 3.00. The van der Waals surface area contributed by atoms with Crippen molar-refractivity contribution in [2.75, 3.05) is 13.1 Å². The first-order valence-electron chi connectivity index (χ1n) is 10.9. The summed E-state index contributed by atoms with van der Waals surface area (Å²) in [6.07, 6.45) is 2.56. The van der Waals surface area contributed by atoms with Crippen LogP contribution in [-0.2, 0) is 24.7 Å². The van der Waals surface area contributed by atoms with Crippen LogP contribution in [0.4, 0.5) is 4.79 Å². The van der Waals surface area contributed by atoms with E-state index in [1.54, 1.807) is 24.3 Å². The van der Waals surface area contributed by atoms with E-state index in [2.05, 4.69) is 16.0 Å². The van der Waals surface area contributed by atoms with Crippen LogP contribution in [0.25, 0.3) is 0 Å². The zero-order valence-electron chi connectivity index (χ0n) is 19.1. The van der Waals surface area contributed by atoms with Crippen molar-refractivity contribution >= 4 is 35.6 Å². The number of hydrogen-bond donors (Lipinski definition) is 6. The van der Waals surface area contributed by atoms with Gasteiger partial charge in [-0.15, -0.1) is 0 Å². The highest BCUT2D eigenvalue weighted by molar-refractivity contribution is 6.09. The minimum absolute atomic E-state index is 0.145. The summed E-state index contributed by atoms with van der Waals surface area (Å²) in [6.45, 7) is 2.44. The first-order valence-corrected chi connectivity index (χ1v) is 10.9. The van der Waals surface area contributed by atoms with E-state index in [4.69, 9.17) is 11.1 Å². The van der Waals surface area contributed by atoms with Gasteiger partial charge in [0.1, 0.15) is 24.0 Å². The Bertz CT molecular complexity index is 979. The Morgan fingerprint density at radius 1 is 1.18 bits per heavy atom. The van der Waals surface area contributed by atoms with Gasteiger partial charge in [0.25, 0.3) is 5.91 Å². The summed E-state index contributed by atoms with van der Waals surface area (Å²) in [6, 6.07) is 4.07. The van der Waals surface area contributed by atoms with E-state index in [9.17, 15) is 29.1 Å². The molecule has 7 N–H and O–H groups in total. The Morgan fingerprint density at radius 2 is 1.82 bits per heavy atom. The van der Waals surface area contributed by atoms with E-state index in [0.717, 1.165) is 17.7 Å². The minimum atomic E-state index is -1.43. The molecule has 1 aliphatic heterocycles. The van der Waals surface area contributed by atoms with Gasteiger partial charge in [0.05, 0.1) is 0 Å². The Kier molecular flexibility index (Phi) is 8.70. The molecule has 1 fully saturated rings. The third-order valence-electron chi connectivity index (χ3n) is 5.49. The first-order chi connectivity index (χ1) is 16.0. The lowest BCUT2D eigenvalue weighted by Crippen LogP contribution is -2.50. The molecule has 5 amide bonds. The third kappa shape index (κ3) is 6.30. The highest BCUT2D eigenvalue weighted by Crippen LogP contribution is 2.28. The predicted octanol–water partition coefficient (Wildman–Crippen LogP) is 0.00357. The first kappa shape index (κ1) is 26.3. The molecule has 12 nitrogen and oxygen atoms in total. The lowest BCUT2D eigenvalue weighted by atomic mass is 9.91. The van der Waals surface area contributed by atoms with Gasteiger partial charge in [-0.1, -0.05) is 44.0 Å². The second-order valence-corrected chi connectivity index (χ2v) is 8.16. The molecule has 0 aromatic heterocycles. The molecule has 2 atom stereocenters. The Hall–Kier alpha value is -3.96. The molecule has 0 aliphatic carbocycles. The van der Waals surface area contributed by atoms with Crippen molar-refractivity contribution in [2.24, 2.45) is 5.73 Å². The number of benzene rings is 1. The maximum Gasteiger partial charge on any atom is 0.328 e. The maximum absolute atomic E-state index is 13.0. The predicted molar refractivity (Wildman–Crippen MR) is 122 cm³/mol. The van der Waals surface area contributed by atoms with Crippen molar-refractivity contribution in [3.63, 3.8) is 0 Å². The van der Waals surface area contributed by atoms with Crippen LogP contribution in [0.2, 0.25) is 0 Å². The fourth-order valence-corrected chi connectivity index (χ4v) is 3.44. The number of amidine groups is 1. The Balaban J connectivity index is 1.97. The van der Waals surface area contributed by atoms with E-state index in [1.165, 1.54) is 6.92 Å². The number of aliphatic carboxylic acids is 1. The van der Waals surface area contributed by atoms with Gasteiger partial charge in [0, 0.05) is 18.5 Å². The molecule has 184 valence electrons. The number of carbonyl (C=O) groups excluding carboxylic acids is 4. The van der Waals surface area contributed by atoms with Gasteiger partial charge >= 0.3 is 12.0 Å². The number of carbonyl (C=O) groups is 5. The van der Waals surface area contributed by atoms with Gasteiger partial charge < -0.3 is 26.8 Å². The molecule has 0 radical (unpaired) electrons. The van der Waals surface area contributed by atoms with Crippen molar-refractivity contribution in [2.45, 2.75) is 51.1 Å². The molecule has 0 bridgehead atoms. The number of nitrogens with zero attached hydrogens (tertiary/aromatic N) is 1. The van der Waals surface area contributed by atoms with Gasteiger partial charge in [-0.2, -0.15) is 0 Å². The summed E-state index contributed by atoms with van der Waals surface area (Å²) in [4.78, 5) is 61.8. The van der Waals surface area contributed by atoms with E-state index in [1.807, 2.05) is 6.92 Å². The lowest BCUT2D eigenvalue weighted by molar-refractivity contribution is -0.142. The molecule has 34 heavy (non-hydrogen) atoms. The largest absolute Gasteiger partial charge is 0.480 e. The SMILES string of the molecule is CCCCCC(=O)N[C@@H](CNC(=O)CN1C(=O)N[C@@](C)(c2ccc(C(=N)N)cc2)C1=O)C(=O)O. The van der Waals surface area contributed by atoms with Crippen molar-refractivity contribution in [1.82, 2.24) is 20.9 Å². The van der Waals surface area contributed by atoms with Crippen LogP contribution in [0.1, 0.15) is 50.7 Å². The molecule has 1 heterocycles. The van der Waals surface area contributed by atoms with Crippen molar-refractivity contribution in [3.05, 3.63) is 35.4 Å². The molecular weight excluding hydrogens is 444 g/mol. The number of carboxylic acid groups (broad SMARTS) is 1. The van der Waals surface area contributed by atoms with E-state index < -0.39 is 54.4 Å². The molecule has 12 heteroatoms. The fourth-order valence-electron chi connectivity index (χ4n) is 3.44. The summed E-state index contributed by atoms with van der Waals surface area (Å²) < 4.78 is 0. The Morgan fingerprint density at radius 3 is 2.38 bits per heavy atom. The number of imide groups is 1. The van der Waals surface area contributed by atoms with Gasteiger partial charge in [0.15, 0.2) is 0 Å². The molecule has 1 saturated heterocycles. The quantitative estimate of drug-likeness (QED) is 0.106. The van der Waals surface area contributed by atoms with Crippen molar-refractivity contribution in [3.8, 4) is 0 Å². The van der Waals surface area contributed by atoms with Gasteiger partial charge in [0.2, 0.25) is 11.8 Å². The molecule has 0 saturated carbocycles. The van der Waals surface area contributed by atoms with Gasteiger partial charge in [-0.3, -0.25) is 24.7 Å². The number of nitrogens with one attached hydrogen (secondary N) is 4. The molecule has 0 spiro atoms. The number of carboxylic acids is 1. The molecular formula is C22H30N6O6. The number of unbranched alkanes of at least 4 members (excludes halogenated alkanes) is 2. The number of nitrogen functional groups attached to an aromatic ring is 1. The fraction of sp³-hybridized carbons (Fsp3) is 0.455. The number of amides is 5. The lowest BCUT2D eigenvalue weighted by Gasteiger charge is -2.22. The minimum Gasteiger partial charge on any atom is -0.480 e. The van der Waals surface area contributed by atoms with Crippen LogP contribution in [-0.4, -0.2) is 64.7 Å². The zero-order chi connectivity index (χ0) is 25.5. The Labute approximate surface area is 196 Å². The third-order valence-corrected chi connectivity index (χ3v) is 5.49. The van der Waals surface area contributed by atoms with Crippen LogP contribution in [0.5, 0.6) is 0 Å². The van der Waals surface area contributed by atoms with Crippen molar-refractivity contribution < 1.29 is 29.1 Å². The second kappa shape index (κ2) is 11.3. The van der Waals surface area contributed by atoms with E-state index in [0.29, 0.717) is 17.5 Å². The highest BCUT2D eigenvalue weighted by atomic mass is 16.4. The van der Waals surface area contributed by atoms with E-state index in [-0.39, 0.29) is 12.3 Å². The van der Waals surface area contributed by atoms with Crippen LogP contribution in [0.15, 0.2) is 24.3 Å². The summed E-state index contributed by atoms with van der Waals surface area (Å²) >= 11 is 0. The van der Waals surface area contributed by atoms with Gasteiger partial charge in [-0.05, 0) is 18.9 Å². The molecule has 1 aromatic carbocycles. The second-order valence-electron chi connectivity index (χ2n) is 8.16. The number of urea groups is 1. The molecule has 0 unspecified atom stereocenters. The average molecular weight is 475 g/mol. The number of hydrogen-bond acceptors (Lipinski definition) is 6. The summed E-state index contributed by atoms with van der Waals surface area (Å²) in [7, 11) is 0. The smallest absolute Gasteiger partial charge is 0.328 e. The highest BCUT2D eigenvalue weighted by Gasteiger charge is 2.49. The van der Waals surface area contributed by atoms with Crippen LogP contribution in [0.3, 0.4) is 0 Å². The van der Waals surface area contributed by atoms with E-state index >= 15 is 0 Å². The van der Waals surface area contributed by atoms with Crippen LogP contribution >= 0.6 is 0 Å². The van der Waals surface area contributed by atoms with Crippen molar-refractivity contribution in [1.29, 1.82) is 5.41 Å². The molecule has 1 aliphatic rings. The molecule has 1 aromatic rings. The molecule has 2 rings (SSSR count). The summed E-state index contributed by atoms with van der Waals surface area (Å²) in [5.41, 5.74) is 4.89. The maximum atomic E-state index is 13.0. The van der Waals surface area contributed by atoms with Gasteiger partial charge in [-0.25, -0.2) is 9.59 Å². The normalized spacial score (nSPS) is 18.2. The summed E-state index contributed by atoms with van der Waals surface area (Å²) in [5.74, 6) is -3.32. The van der Waals surface area contributed by atoms with Crippen LogP contribution in [0, 0.1) is 5.41 Å². The number of rotatable bonds is 12. The topological polar surface area (TPSA) is 195 Å². The monoisotopic (exact) mass is 474 g/mol.